The highest BCUT2D eigenvalue weighted by Gasteiger charge is 2.27. The molecule has 3 aromatic heterocycles. The molecule has 0 radical (unpaired) electrons. The molecule has 136 valence electrons. The van der Waals surface area contributed by atoms with Gasteiger partial charge in [0.25, 0.3) is 5.91 Å². The number of thiophene rings is 1. The van der Waals surface area contributed by atoms with Crippen LogP contribution in [0.4, 0.5) is 5.13 Å². The second kappa shape index (κ2) is 6.09. The molecule has 1 amide bonds. The van der Waals surface area contributed by atoms with Gasteiger partial charge in [0, 0.05) is 22.1 Å². The maximum atomic E-state index is 12.8. The molecular formula is C19H22N4OS2. The fourth-order valence-corrected chi connectivity index (χ4v) is 4.87. The Morgan fingerprint density at radius 2 is 1.92 bits per heavy atom. The van der Waals surface area contributed by atoms with Gasteiger partial charge < -0.3 is 0 Å². The Labute approximate surface area is 160 Å². The van der Waals surface area contributed by atoms with E-state index < -0.39 is 0 Å². The molecule has 0 atom stereocenters. The van der Waals surface area contributed by atoms with E-state index in [4.69, 9.17) is 4.98 Å². The zero-order valence-corrected chi connectivity index (χ0v) is 17.3. The molecule has 1 N–H and O–H groups in total. The first kappa shape index (κ1) is 17.5. The first-order valence-corrected chi connectivity index (χ1v) is 10.5. The first-order chi connectivity index (χ1) is 12.2. The van der Waals surface area contributed by atoms with Crippen LogP contribution in [0.2, 0.25) is 0 Å². The molecule has 0 spiro atoms. The lowest BCUT2D eigenvalue weighted by molar-refractivity contribution is 0.103. The molecule has 7 heteroatoms. The minimum absolute atomic E-state index is 0.112. The molecule has 5 nitrogen and oxygen atoms in total. The van der Waals surface area contributed by atoms with E-state index in [1.165, 1.54) is 35.5 Å². The lowest BCUT2D eigenvalue weighted by atomic mass is 9.95. The second-order valence-electron chi connectivity index (χ2n) is 7.92. The third kappa shape index (κ3) is 3.14. The van der Waals surface area contributed by atoms with Crippen molar-refractivity contribution in [2.45, 2.75) is 58.8 Å². The molecule has 3 aromatic rings. The third-order valence-electron chi connectivity index (χ3n) is 4.59. The predicted molar refractivity (Wildman–Crippen MR) is 108 cm³/mol. The van der Waals surface area contributed by atoms with Crippen LogP contribution in [0.1, 0.15) is 72.0 Å². The van der Waals surface area contributed by atoms with E-state index in [0.717, 1.165) is 33.0 Å². The molecule has 1 fully saturated rings. The number of nitrogens with zero attached hydrogens (tertiary/aromatic N) is 3. The number of aromatic nitrogens is 3. The average molecular weight is 387 g/mol. The van der Waals surface area contributed by atoms with E-state index in [0.29, 0.717) is 15.9 Å². The maximum absolute atomic E-state index is 12.8. The van der Waals surface area contributed by atoms with Crippen molar-refractivity contribution in [2.24, 2.45) is 0 Å². The van der Waals surface area contributed by atoms with Gasteiger partial charge in [0.15, 0.2) is 5.13 Å². The minimum atomic E-state index is -0.126. The summed E-state index contributed by atoms with van der Waals surface area (Å²) in [6.45, 7) is 10.3. The average Bonchev–Trinajstić information content (AvgIpc) is 3.21. The molecule has 0 saturated heterocycles. The second-order valence-corrected chi connectivity index (χ2v) is 9.78. The van der Waals surface area contributed by atoms with Gasteiger partial charge in [0.05, 0.1) is 16.3 Å². The summed E-state index contributed by atoms with van der Waals surface area (Å²) < 4.78 is 0. The Balaban J connectivity index is 1.67. The number of rotatable bonds is 3. The molecule has 4 rings (SSSR count). The van der Waals surface area contributed by atoms with Crippen molar-refractivity contribution in [1.29, 1.82) is 0 Å². The summed E-state index contributed by atoms with van der Waals surface area (Å²) in [6.07, 6.45) is 2.42. The maximum Gasteiger partial charge on any atom is 0.267 e. The largest absolute Gasteiger partial charge is 0.297 e. The molecule has 0 aliphatic heterocycles. The monoisotopic (exact) mass is 386 g/mol. The van der Waals surface area contributed by atoms with Crippen LogP contribution < -0.4 is 5.32 Å². The molecule has 0 unspecified atom stereocenters. The summed E-state index contributed by atoms with van der Waals surface area (Å²) in [6, 6.07) is 0. The van der Waals surface area contributed by atoms with Crippen molar-refractivity contribution in [3.05, 3.63) is 33.0 Å². The lowest BCUT2D eigenvalue weighted by Crippen LogP contribution is -2.16. The number of amides is 1. The molecule has 1 aliphatic rings. The summed E-state index contributed by atoms with van der Waals surface area (Å²) in [5, 5.41) is 6.67. The molecule has 0 bridgehead atoms. The van der Waals surface area contributed by atoms with Gasteiger partial charge in [-0.15, -0.1) is 22.7 Å². The van der Waals surface area contributed by atoms with Crippen LogP contribution in [0.5, 0.6) is 0 Å². The van der Waals surface area contributed by atoms with Crippen molar-refractivity contribution in [3.8, 4) is 0 Å². The minimum Gasteiger partial charge on any atom is -0.297 e. The van der Waals surface area contributed by atoms with Gasteiger partial charge in [-0.25, -0.2) is 15.0 Å². The fraction of sp³-hybridized carbons (Fsp3) is 0.474. The molecule has 1 aliphatic carbocycles. The summed E-state index contributed by atoms with van der Waals surface area (Å²) in [5.74, 6) is 1.29. The number of hydrogen-bond acceptors (Lipinski definition) is 6. The summed E-state index contributed by atoms with van der Waals surface area (Å²) >= 11 is 2.93. The Hall–Kier alpha value is -1.86. The van der Waals surface area contributed by atoms with E-state index >= 15 is 0 Å². The topological polar surface area (TPSA) is 67.8 Å². The van der Waals surface area contributed by atoms with Gasteiger partial charge in [0.2, 0.25) is 0 Å². The van der Waals surface area contributed by atoms with E-state index in [1.54, 1.807) is 0 Å². The van der Waals surface area contributed by atoms with Gasteiger partial charge in [-0.1, -0.05) is 20.8 Å². The standard InChI is InChI=1S/C19H22N4OS2/c1-9-13-10(2)20-17(19(3,4)5)23-16(13)26-14(9)15(24)22-18-21-12(8-25-18)11-6-7-11/h8,11H,6-7H2,1-5H3,(H,21,22,24). The molecule has 1 saturated carbocycles. The Morgan fingerprint density at radius 3 is 2.58 bits per heavy atom. The van der Waals surface area contributed by atoms with Crippen LogP contribution in [0, 0.1) is 13.8 Å². The van der Waals surface area contributed by atoms with Gasteiger partial charge in [-0.2, -0.15) is 0 Å². The SMILES string of the molecule is Cc1nc(C(C)(C)C)nc2sc(C(=O)Nc3nc(C4CC4)cs3)c(C)c12. The highest BCUT2D eigenvalue weighted by molar-refractivity contribution is 7.21. The Morgan fingerprint density at radius 1 is 1.19 bits per heavy atom. The predicted octanol–water partition coefficient (Wildman–Crippen LogP) is 5.19. The quantitative estimate of drug-likeness (QED) is 0.672. The highest BCUT2D eigenvalue weighted by atomic mass is 32.1. The summed E-state index contributed by atoms with van der Waals surface area (Å²) in [7, 11) is 0. The van der Waals surface area contributed by atoms with Crippen LogP contribution in [-0.2, 0) is 5.41 Å². The first-order valence-electron chi connectivity index (χ1n) is 8.79. The third-order valence-corrected chi connectivity index (χ3v) is 6.55. The van der Waals surface area contributed by atoms with E-state index in [1.807, 2.05) is 13.8 Å². The molecular weight excluding hydrogens is 364 g/mol. The smallest absolute Gasteiger partial charge is 0.267 e. The van der Waals surface area contributed by atoms with Gasteiger partial charge in [-0.3, -0.25) is 10.1 Å². The zero-order chi connectivity index (χ0) is 18.6. The van der Waals surface area contributed by atoms with Crippen molar-refractivity contribution in [2.75, 3.05) is 5.32 Å². The summed E-state index contributed by atoms with van der Waals surface area (Å²) in [5.41, 5.74) is 2.85. The fourth-order valence-electron chi connectivity index (χ4n) is 2.96. The Bertz CT molecular complexity index is 1010. The number of thiazole rings is 1. The highest BCUT2D eigenvalue weighted by Crippen LogP contribution is 2.41. The number of nitrogens with one attached hydrogen (secondary N) is 1. The van der Waals surface area contributed by atoms with E-state index in [-0.39, 0.29) is 11.3 Å². The number of carbonyl (C=O) groups is 1. The van der Waals surface area contributed by atoms with Gasteiger partial charge in [0.1, 0.15) is 10.7 Å². The van der Waals surface area contributed by atoms with Crippen LogP contribution in [0.3, 0.4) is 0 Å². The van der Waals surface area contributed by atoms with Gasteiger partial charge >= 0.3 is 0 Å². The van der Waals surface area contributed by atoms with Crippen LogP contribution in [0.15, 0.2) is 5.38 Å². The van der Waals surface area contributed by atoms with Gasteiger partial charge in [-0.05, 0) is 32.3 Å². The Kier molecular flexibility index (Phi) is 4.11. The summed E-state index contributed by atoms with van der Waals surface area (Å²) in [4.78, 5) is 28.3. The van der Waals surface area contributed by atoms with E-state index in [2.05, 4.69) is 41.4 Å². The van der Waals surface area contributed by atoms with Crippen LogP contribution in [-0.4, -0.2) is 20.9 Å². The molecule has 26 heavy (non-hydrogen) atoms. The number of hydrogen-bond donors (Lipinski definition) is 1. The van der Waals surface area contributed by atoms with Crippen molar-refractivity contribution < 1.29 is 4.79 Å². The normalized spacial score (nSPS) is 14.8. The molecule has 3 heterocycles. The van der Waals surface area contributed by atoms with Crippen molar-refractivity contribution in [1.82, 2.24) is 15.0 Å². The number of anilines is 1. The van der Waals surface area contributed by atoms with Crippen LogP contribution >= 0.6 is 22.7 Å². The van der Waals surface area contributed by atoms with Crippen molar-refractivity contribution >= 4 is 43.9 Å². The van der Waals surface area contributed by atoms with Crippen LogP contribution in [0.25, 0.3) is 10.2 Å². The lowest BCUT2D eigenvalue weighted by Gasteiger charge is -2.16. The zero-order valence-electron chi connectivity index (χ0n) is 15.6. The number of carbonyl (C=O) groups excluding carboxylic acids is 1. The molecule has 0 aromatic carbocycles. The van der Waals surface area contributed by atoms with E-state index in [9.17, 15) is 4.79 Å². The number of fused-ring (bicyclic) bond motifs is 1. The van der Waals surface area contributed by atoms with Crippen molar-refractivity contribution in [3.63, 3.8) is 0 Å². The number of aryl methyl sites for hydroxylation is 2.